The lowest BCUT2D eigenvalue weighted by Crippen LogP contribution is -2.27. The van der Waals surface area contributed by atoms with E-state index in [9.17, 15) is 13.2 Å². The van der Waals surface area contributed by atoms with Gasteiger partial charge in [0.1, 0.15) is 10.7 Å². The first-order valence-electron chi connectivity index (χ1n) is 7.47. The molecular weight excluding hydrogens is 348 g/mol. The van der Waals surface area contributed by atoms with Gasteiger partial charge in [0.05, 0.1) is 0 Å². The van der Waals surface area contributed by atoms with E-state index in [0.29, 0.717) is 11.5 Å². The summed E-state index contributed by atoms with van der Waals surface area (Å²) in [5, 5.41) is 9.01. The smallest absolute Gasteiger partial charge is 0.371 e. The van der Waals surface area contributed by atoms with Crippen LogP contribution in [0.25, 0.3) is 0 Å². The Labute approximate surface area is 146 Å². The van der Waals surface area contributed by atoms with Crippen LogP contribution in [0.15, 0.2) is 27.8 Å². The maximum atomic E-state index is 12.8. The molecule has 0 bridgehead atoms. The van der Waals surface area contributed by atoms with Crippen molar-refractivity contribution in [2.75, 3.05) is 26.0 Å². The maximum Gasteiger partial charge on any atom is 0.371 e. The van der Waals surface area contributed by atoms with Gasteiger partial charge in [-0.15, -0.1) is 0 Å². The van der Waals surface area contributed by atoms with Gasteiger partial charge in [0.15, 0.2) is 0 Å². The third-order valence-corrected chi connectivity index (χ3v) is 5.34. The number of sulfonamides is 1. The molecule has 0 atom stereocenters. The number of anilines is 1. The third kappa shape index (κ3) is 3.97. The lowest BCUT2D eigenvalue weighted by molar-refractivity contribution is 0.0660. The van der Waals surface area contributed by atoms with Crippen LogP contribution in [-0.2, 0) is 23.0 Å². The van der Waals surface area contributed by atoms with Crippen LogP contribution >= 0.6 is 0 Å². The molecule has 0 radical (unpaired) electrons. The zero-order valence-electron chi connectivity index (χ0n) is 14.4. The monoisotopic (exact) mass is 368 g/mol. The van der Waals surface area contributed by atoms with Gasteiger partial charge in [0.2, 0.25) is 21.7 Å². The second-order valence-corrected chi connectivity index (χ2v) is 7.62. The summed E-state index contributed by atoms with van der Waals surface area (Å²) < 4.78 is 31.7. The number of rotatable bonds is 7. The van der Waals surface area contributed by atoms with E-state index < -0.39 is 21.8 Å². The Morgan fingerprint density at radius 3 is 2.32 bits per heavy atom. The van der Waals surface area contributed by atoms with Crippen molar-refractivity contribution >= 4 is 21.9 Å². The van der Waals surface area contributed by atoms with E-state index in [4.69, 9.17) is 9.52 Å². The normalized spacial score (nSPS) is 11.7. The SMILES string of the molecule is CCc1oc(C(=O)O)cc1S(=O)(=O)N(C)Cc1cnc(N(C)C)nc1. The van der Waals surface area contributed by atoms with E-state index in [1.807, 2.05) is 0 Å². The highest BCUT2D eigenvalue weighted by Gasteiger charge is 2.29. The highest BCUT2D eigenvalue weighted by atomic mass is 32.2. The Bertz CT molecular complexity index is 859. The Hall–Kier alpha value is -2.46. The predicted octanol–water partition coefficient (Wildman–Crippen LogP) is 1.22. The molecule has 136 valence electrons. The van der Waals surface area contributed by atoms with Crippen LogP contribution in [0.3, 0.4) is 0 Å². The molecule has 0 aliphatic rings. The summed E-state index contributed by atoms with van der Waals surface area (Å²) in [5.41, 5.74) is 0.608. The first-order valence-corrected chi connectivity index (χ1v) is 8.91. The lowest BCUT2D eigenvalue weighted by Gasteiger charge is -2.17. The minimum Gasteiger partial charge on any atom is -0.475 e. The molecule has 9 nitrogen and oxygen atoms in total. The van der Waals surface area contributed by atoms with Crippen LogP contribution in [-0.4, -0.2) is 54.9 Å². The van der Waals surface area contributed by atoms with E-state index in [0.717, 1.165) is 10.4 Å². The second kappa shape index (κ2) is 7.19. The van der Waals surface area contributed by atoms with Gasteiger partial charge < -0.3 is 14.4 Å². The number of hydrogen-bond acceptors (Lipinski definition) is 7. The van der Waals surface area contributed by atoms with Crippen molar-refractivity contribution in [1.29, 1.82) is 0 Å². The van der Waals surface area contributed by atoms with Crippen LogP contribution in [0, 0.1) is 0 Å². The van der Waals surface area contributed by atoms with Gasteiger partial charge >= 0.3 is 5.97 Å². The van der Waals surface area contributed by atoms with E-state index in [2.05, 4.69) is 9.97 Å². The Kier molecular flexibility index (Phi) is 5.43. The summed E-state index contributed by atoms with van der Waals surface area (Å²) >= 11 is 0. The topological polar surface area (TPSA) is 117 Å². The first kappa shape index (κ1) is 18.9. The summed E-state index contributed by atoms with van der Waals surface area (Å²) in [7, 11) is 1.10. The van der Waals surface area contributed by atoms with Gasteiger partial charge in [-0.25, -0.2) is 23.2 Å². The zero-order chi connectivity index (χ0) is 18.8. The number of aromatic carboxylic acids is 1. The average Bonchev–Trinajstić information content (AvgIpc) is 3.00. The lowest BCUT2D eigenvalue weighted by atomic mass is 10.3. The third-order valence-electron chi connectivity index (χ3n) is 3.49. The van der Waals surface area contributed by atoms with E-state index >= 15 is 0 Å². The molecular formula is C15H20N4O5S. The fourth-order valence-electron chi connectivity index (χ4n) is 2.15. The molecule has 0 aliphatic carbocycles. The molecule has 2 aromatic heterocycles. The fourth-order valence-corrected chi connectivity index (χ4v) is 3.54. The van der Waals surface area contributed by atoms with Gasteiger partial charge in [-0.1, -0.05) is 6.92 Å². The maximum absolute atomic E-state index is 12.8. The number of furan rings is 1. The van der Waals surface area contributed by atoms with Crippen molar-refractivity contribution in [2.24, 2.45) is 0 Å². The summed E-state index contributed by atoms with van der Waals surface area (Å²) in [6, 6.07) is 1.04. The summed E-state index contributed by atoms with van der Waals surface area (Å²) in [4.78, 5) is 20.9. The van der Waals surface area contributed by atoms with Crippen LogP contribution in [0.5, 0.6) is 0 Å². The van der Waals surface area contributed by atoms with Crippen LogP contribution in [0.2, 0.25) is 0 Å². The molecule has 0 saturated carbocycles. The number of carboxylic acids is 1. The predicted molar refractivity (Wildman–Crippen MR) is 90.1 cm³/mol. The Morgan fingerprint density at radius 2 is 1.84 bits per heavy atom. The number of hydrogen-bond donors (Lipinski definition) is 1. The summed E-state index contributed by atoms with van der Waals surface area (Å²) in [6.07, 6.45) is 3.36. The summed E-state index contributed by atoms with van der Waals surface area (Å²) in [6.45, 7) is 1.74. The average molecular weight is 368 g/mol. The molecule has 2 rings (SSSR count). The van der Waals surface area contributed by atoms with Crippen LogP contribution in [0.1, 0.15) is 28.8 Å². The van der Waals surface area contributed by atoms with E-state index in [1.54, 1.807) is 38.3 Å². The van der Waals surface area contributed by atoms with Crippen LogP contribution in [0.4, 0.5) is 5.95 Å². The van der Waals surface area contributed by atoms with Gasteiger partial charge in [-0.05, 0) is 0 Å². The molecule has 1 N–H and O–H groups in total. The molecule has 0 saturated heterocycles. The van der Waals surface area contributed by atoms with Crippen LogP contribution < -0.4 is 4.90 Å². The minimum atomic E-state index is -3.91. The highest BCUT2D eigenvalue weighted by molar-refractivity contribution is 7.89. The molecule has 0 aliphatic heterocycles. The van der Waals surface area contributed by atoms with Gasteiger partial charge in [0.25, 0.3) is 0 Å². The molecule has 0 amide bonds. The molecule has 2 aromatic rings. The standard InChI is InChI=1S/C15H20N4O5S/c1-5-11-13(6-12(24-11)14(20)21)25(22,23)19(4)9-10-7-16-15(17-8-10)18(2)3/h6-8H,5,9H2,1-4H3,(H,20,21). The molecule has 2 heterocycles. The highest BCUT2D eigenvalue weighted by Crippen LogP contribution is 2.25. The number of aryl methyl sites for hydroxylation is 1. The quantitative estimate of drug-likeness (QED) is 0.775. The van der Waals surface area contributed by atoms with Crippen molar-refractivity contribution < 1.29 is 22.7 Å². The van der Waals surface area contributed by atoms with Crippen molar-refractivity contribution in [3.8, 4) is 0 Å². The first-order chi connectivity index (χ1) is 11.7. The van der Waals surface area contributed by atoms with E-state index in [-0.39, 0.29) is 23.6 Å². The van der Waals surface area contributed by atoms with Gasteiger partial charge in [0, 0.05) is 58.1 Å². The Morgan fingerprint density at radius 1 is 1.24 bits per heavy atom. The number of carbonyl (C=O) groups is 1. The molecule has 25 heavy (non-hydrogen) atoms. The van der Waals surface area contributed by atoms with Crippen molar-refractivity contribution in [1.82, 2.24) is 14.3 Å². The van der Waals surface area contributed by atoms with Crippen molar-refractivity contribution in [3.05, 3.63) is 35.5 Å². The summed E-state index contributed by atoms with van der Waals surface area (Å²) in [5.74, 6) is -1.08. The Balaban J connectivity index is 2.28. The molecule has 0 spiro atoms. The number of carboxylic acid groups (broad SMARTS) is 1. The molecule has 0 aromatic carbocycles. The van der Waals surface area contributed by atoms with Gasteiger partial charge in [-0.2, -0.15) is 4.31 Å². The fraction of sp³-hybridized carbons (Fsp3) is 0.400. The van der Waals surface area contributed by atoms with Crippen molar-refractivity contribution in [3.63, 3.8) is 0 Å². The second-order valence-electron chi connectivity index (χ2n) is 5.60. The largest absolute Gasteiger partial charge is 0.475 e. The minimum absolute atomic E-state index is 0.0484. The number of nitrogens with zero attached hydrogens (tertiary/aromatic N) is 4. The molecule has 0 unspecified atom stereocenters. The van der Waals surface area contributed by atoms with E-state index in [1.165, 1.54) is 7.05 Å². The zero-order valence-corrected chi connectivity index (χ0v) is 15.2. The molecule has 10 heteroatoms. The number of aromatic nitrogens is 2. The van der Waals surface area contributed by atoms with Gasteiger partial charge in [-0.3, -0.25) is 0 Å². The molecule has 0 fully saturated rings. The van der Waals surface area contributed by atoms with Crippen molar-refractivity contribution in [2.45, 2.75) is 24.8 Å².